The van der Waals surface area contributed by atoms with Gasteiger partial charge in [0.1, 0.15) is 0 Å². The molecule has 0 radical (unpaired) electrons. The van der Waals surface area contributed by atoms with E-state index in [0.717, 1.165) is 22.4 Å². The topological polar surface area (TPSA) is 44.8 Å². The minimum Gasteiger partial charge on any atom is -0.493 e. The first kappa shape index (κ1) is 17.6. The molecule has 4 nitrogen and oxygen atoms in total. The van der Waals surface area contributed by atoms with Crippen molar-refractivity contribution in [1.29, 1.82) is 0 Å². The highest BCUT2D eigenvalue weighted by atomic mass is 16.5. The van der Waals surface area contributed by atoms with Gasteiger partial charge in [0.15, 0.2) is 11.5 Å². The minimum atomic E-state index is -0.342. The first-order chi connectivity index (χ1) is 11.7. The molecule has 0 unspecified atom stereocenters. The number of rotatable bonds is 7. The van der Waals surface area contributed by atoms with Crippen LogP contribution in [-0.2, 0) is 9.53 Å². The second kappa shape index (κ2) is 8.77. The van der Waals surface area contributed by atoms with E-state index in [1.807, 2.05) is 49.4 Å². The van der Waals surface area contributed by atoms with E-state index in [2.05, 4.69) is 0 Å². The Kier molecular flexibility index (Phi) is 6.43. The van der Waals surface area contributed by atoms with Crippen molar-refractivity contribution in [3.63, 3.8) is 0 Å². The Morgan fingerprint density at radius 3 is 2.50 bits per heavy atom. The van der Waals surface area contributed by atoms with E-state index in [1.54, 1.807) is 20.1 Å². The maximum atomic E-state index is 11.4. The first-order valence-corrected chi connectivity index (χ1v) is 7.94. The van der Waals surface area contributed by atoms with Crippen molar-refractivity contribution >= 4 is 12.0 Å². The van der Waals surface area contributed by atoms with Crippen LogP contribution >= 0.6 is 0 Å². The maximum Gasteiger partial charge on any atom is 0.330 e. The number of carbonyl (C=O) groups excluding carboxylic acids is 1. The summed E-state index contributed by atoms with van der Waals surface area (Å²) in [6, 6.07) is 13.7. The number of esters is 1. The summed E-state index contributed by atoms with van der Waals surface area (Å²) in [5, 5.41) is 0. The fraction of sp³-hybridized carbons (Fsp3) is 0.250. The van der Waals surface area contributed by atoms with E-state index in [0.29, 0.717) is 19.0 Å². The highest BCUT2D eigenvalue weighted by Crippen LogP contribution is 2.32. The molecular formula is C20H22O4. The Bertz CT molecular complexity index is 719. The molecular weight excluding hydrogens is 304 g/mol. The summed E-state index contributed by atoms with van der Waals surface area (Å²) >= 11 is 0. The molecule has 126 valence electrons. The normalized spacial score (nSPS) is 10.6. The average Bonchev–Trinajstić information content (AvgIpc) is 2.61. The molecule has 0 bridgehead atoms. The lowest BCUT2D eigenvalue weighted by molar-refractivity contribution is -0.137. The summed E-state index contributed by atoms with van der Waals surface area (Å²) in [5.41, 5.74) is 2.97. The quantitative estimate of drug-likeness (QED) is 0.561. The predicted octanol–water partition coefficient (Wildman–Crippen LogP) is 4.34. The third-order valence-corrected chi connectivity index (χ3v) is 3.38. The van der Waals surface area contributed by atoms with Gasteiger partial charge in [-0.05, 0) is 54.8 Å². The van der Waals surface area contributed by atoms with E-state index >= 15 is 0 Å². The average molecular weight is 326 g/mol. The van der Waals surface area contributed by atoms with Gasteiger partial charge in [0.05, 0.1) is 20.3 Å². The number of ether oxygens (including phenoxy) is 3. The van der Waals surface area contributed by atoms with Crippen molar-refractivity contribution in [2.24, 2.45) is 0 Å². The van der Waals surface area contributed by atoms with Gasteiger partial charge in [-0.25, -0.2) is 4.79 Å². The van der Waals surface area contributed by atoms with Crippen LogP contribution in [0.1, 0.15) is 19.4 Å². The molecule has 0 aliphatic rings. The number of hydrogen-bond acceptors (Lipinski definition) is 4. The Morgan fingerprint density at radius 2 is 1.79 bits per heavy atom. The molecule has 0 aliphatic carbocycles. The lowest BCUT2D eigenvalue weighted by atomic mass is 10.0. The van der Waals surface area contributed by atoms with Gasteiger partial charge < -0.3 is 14.2 Å². The first-order valence-electron chi connectivity index (χ1n) is 7.94. The number of methoxy groups -OCH3 is 1. The zero-order valence-electron chi connectivity index (χ0n) is 14.2. The van der Waals surface area contributed by atoms with Crippen molar-refractivity contribution in [2.45, 2.75) is 13.8 Å². The Hall–Kier alpha value is -2.75. The third-order valence-electron chi connectivity index (χ3n) is 3.38. The molecule has 0 aromatic heterocycles. The molecule has 4 heteroatoms. The standard InChI is InChI=1S/C20H22O4/c1-4-23-18-11-10-17(14-19(18)22-3)16-8-6-7-15(13-16)9-12-20(21)24-5-2/h6-14H,4-5H2,1-3H3. The lowest BCUT2D eigenvalue weighted by Crippen LogP contribution is -1.98. The molecule has 0 saturated heterocycles. The molecule has 0 saturated carbocycles. The van der Waals surface area contributed by atoms with Gasteiger partial charge >= 0.3 is 5.97 Å². The van der Waals surface area contributed by atoms with Gasteiger partial charge in [0.2, 0.25) is 0 Å². The largest absolute Gasteiger partial charge is 0.493 e. The van der Waals surface area contributed by atoms with E-state index in [4.69, 9.17) is 14.2 Å². The molecule has 0 aliphatic heterocycles. The van der Waals surface area contributed by atoms with E-state index < -0.39 is 0 Å². The zero-order chi connectivity index (χ0) is 17.4. The zero-order valence-corrected chi connectivity index (χ0v) is 14.2. The van der Waals surface area contributed by atoms with Crippen LogP contribution in [0.25, 0.3) is 17.2 Å². The molecule has 2 aromatic rings. The molecule has 0 atom stereocenters. The number of carbonyl (C=O) groups is 1. The Balaban J connectivity index is 2.26. The van der Waals surface area contributed by atoms with Crippen LogP contribution in [0.3, 0.4) is 0 Å². The number of hydrogen-bond donors (Lipinski definition) is 0. The molecule has 0 spiro atoms. The van der Waals surface area contributed by atoms with Crippen LogP contribution in [0.2, 0.25) is 0 Å². The van der Waals surface area contributed by atoms with Crippen LogP contribution in [0.15, 0.2) is 48.5 Å². The van der Waals surface area contributed by atoms with Crippen molar-refractivity contribution in [3.05, 3.63) is 54.1 Å². The molecule has 2 aromatic carbocycles. The number of benzene rings is 2. The van der Waals surface area contributed by atoms with Crippen LogP contribution in [0.4, 0.5) is 0 Å². The molecule has 0 fully saturated rings. The van der Waals surface area contributed by atoms with Gasteiger partial charge in [-0.3, -0.25) is 0 Å². The fourth-order valence-corrected chi connectivity index (χ4v) is 2.30. The fourth-order valence-electron chi connectivity index (χ4n) is 2.30. The van der Waals surface area contributed by atoms with Crippen molar-refractivity contribution in [2.75, 3.05) is 20.3 Å². The van der Waals surface area contributed by atoms with E-state index in [9.17, 15) is 4.79 Å². The summed E-state index contributed by atoms with van der Waals surface area (Å²) in [7, 11) is 1.63. The summed E-state index contributed by atoms with van der Waals surface area (Å²) in [6.07, 6.45) is 3.18. The molecule has 24 heavy (non-hydrogen) atoms. The summed E-state index contributed by atoms with van der Waals surface area (Å²) in [6.45, 7) is 4.68. The smallest absolute Gasteiger partial charge is 0.330 e. The van der Waals surface area contributed by atoms with Crippen molar-refractivity contribution in [3.8, 4) is 22.6 Å². The minimum absolute atomic E-state index is 0.342. The monoisotopic (exact) mass is 326 g/mol. The Labute approximate surface area is 142 Å². The highest BCUT2D eigenvalue weighted by Gasteiger charge is 2.07. The van der Waals surface area contributed by atoms with Crippen LogP contribution in [0, 0.1) is 0 Å². The lowest BCUT2D eigenvalue weighted by Gasteiger charge is -2.11. The SMILES string of the molecule is CCOC(=O)C=Cc1cccc(-c2ccc(OCC)c(OC)c2)c1. The highest BCUT2D eigenvalue weighted by molar-refractivity contribution is 5.87. The predicted molar refractivity (Wildman–Crippen MR) is 95.3 cm³/mol. The van der Waals surface area contributed by atoms with Gasteiger partial charge in [-0.2, -0.15) is 0 Å². The van der Waals surface area contributed by atoms with Gasteiger partial charge in [0, 0.05) is 6.08 Å². The Morgan fingerprint density at radius 1 is 1.00 bits per heavy atom. The van der Waals surface area contributed by atoms with E-state index in [-0.39, 0.29) is 5.97 Å². The third kappa shape index (κ3) is 4.62. The van der Waals surface area contributed by atoms with Crippen molar-refractivity contribution in [1.82, 2.24) is 0 Å². The van der Waals surface area contributed by atoms with Gasteiger partial charge in [-0.1, -0.05) is 24.3 Å². The second-order valence-corrected chi connectivity index (χ2v) is 5.01. The summed E-state index contributed by atoms with van der Waals surface area (Å²) in [4.78, 5) is 11.4. The second-order valence-electron chi connectivity index (χ2n) is 5.01. The summed E-state index contributed by atoms with van der Waals surface area (Å²) in [5.74, 6) is 1.08. The molecule has 0 N–H and O–H groups in total. The van der Waals surface area contributed by atoms with Gasteiger partial charge in [0.25, 0.3) is 0 Å². The molecule has 0 amide bonds. The summed E-state index contributed by atoms with van der Waals surface area (Å²) < 4.78 is 15.8. The molecule has 2 rings (SSSR count). The molecule has 0 heterocycles. The van der Waals surface area contributed by atoms with Crippen LogP contribution in [0.5, 0.6) is 11.5 Å². The van der Waals surface area contributed by atoms with Crippen LogP contribution < -0.4 is 9.47 Å². The maximum absolute atomic E-state index is 11.4. The van der Waals surface area contributed by atoms with E-state index in [1.165, 1.54) is 6.08 Å². The van der Waals surface area contributed by atoms with Gasteiger partial charge in [-0.15, -0.1) is 0 Å². The van der Waals surface area contributed by atoms with Crippen molar-refractivity contribution < 1.29 is 19.0 Å². The van der Waals surface area contributed by atoms with Crippen LogP contribution in [-0.4, -0.2) is 26.3 Å².